The van der Waals surface area contributed by atoms with Crippen LogP contribution in [0.2, 0.25) is 0 Å². The zero-order chi connectivity index (χ0) is 19.6. The predicted molar refractivity (Wildman–Crippen MR) is 116 cm³/mol. The fraction of sp³-hybridized carbons (Fsp3) is 0.318. The lowest BCUT2D eigenvalue weighted by molar-refractivity contribution is 0.415. The van der Waals surface area contributed by atoms with Crippen LogP contribution >= 0.6 is 11.9 Å². The van der Waals surface area contributed by atoms with Crippen molar-refractivity contribution in [1.82, 2.24) is 4.72 Å². The fourth-order valence-corrected chi connectivity index (χ4v) is 3.30. The number of nitriles is 1. The molecular formula is C22H27N3OS. The molecular weight excluding hydrogens is 354 g/mol. The molecule has 1 N–H and O–H groups in total. The van der Waals surface area contributed by atoms with Gasteiger partial charge in [-0.2, -0.15) is 5.26 Å². The monoisotopic (exact) mass is 381 g/mol. The van der Waals surface area contributed by atoms with E-state index in [4.69, 9.17) is 4.74 Å². The molecule has 2 aromatic rings. The number of hydrogen-bond acceptors (Lipinski definition) is 5. The number of benzene rings is 2. The second kappa shape index (κ2) is 10.7. The Morgan fingerprint density at radius 3 is 2.56 bits per heavy atom. The number of nitrogens with one attached hydrogen (secondary N) is 1. The maximum atomic E-state index is 9.76. The molecule has 0 fully saturated rings. The van der Waals surface area contributed by atoms with Crippen molar-refractivity contribution in [2.24, 2.45) is 0 Å². The van der Waals surface area contributed by atoms with E-state index in [0.29, 0.717) is 5.57 Å². The Labute approximate surface area is 167 Å². The molecule has 27 heavy (non-hydrogen) atoms. The van der Waals surface area contributed by atoms with Crippen molar-refractivity contribution in [2.45, 2.75) is 25.2 Å². The van der Waals surface area contributed by atoms with Gasteiger partial charge in [-0.25, -0.2) is 0 Å². The van der Waals surface area contributed by atoms with Crippen molar-refractivity contribution in [1.29, 1.82) is 5.26 Å². The number of nitrogens with zero attached hydrogens (tertiary/aromatic N) is 2. The van der Waals surface area contributed by atoms with Crippen LogP contribution in [0.3, 0.4) is 0 Å². The van der Waals surface area contributed by atoms with Gasteiger partial charge >= 0.3 is 0 Å². The maximum absolute atomic E-state index is 9.76. The first kappa shape index (κ1) is 20.9. The Hall–Kier alpha value is -2.42. The Morgan fingerprint density at radius 1 is 1.22 bits per heavy atom. The normalized spacial score (nSPS) is 11.1. The molecule has 0 spiro atoms. The molecule has 0 aliphatic heterocycles. The summed E-state index contributed by atoms with van der Waals surface area (Å²) in [5.74, 6) is 0.785. The predicted octanol–water partition coefficient (Wildman–Crippen LogP) is 5.22. The number of methoxy groups -OCH3 is 1. The molecule has 0 radical (unpaired) electrons. The first-order chi connectivity index (χ1) is 13.1. The van der Waals surface area contributed by atoms with Gasteiger partial charge in [-0.3, -0.25) is 4.72 Å². The lowest BCUT2D eigenvalue weighted by Gasteiger charge is -2.21. The molecule has 0 saturated heterocycles. The van der Waals surface area contributed by atoms with Gasteiger partial charge in [0.05, 0.1) is 18.8 Å². The third kappa shape index (κ3) is 5.78. The van der Waals surface area contributed by atoms with Crippen LogP contribution in [0.25, 0.3) is 11.6 Å². The number of allylic oxidation sites excluding steroid dienone is 1. The van der Waals surface area contributed by atoms with Crippen LogP contribution in [0.15, 0.2) is 47.4 Å². The van der Waals surface area contributed by atoms with E-state index in [1.54, 1.807) is 19.1 Å². The molecule has 0 amide bonds. The number of hydrogen-bond donors (Lipinski definition) is 1. The Morgan fingerprint density at radius 2 is 1.96 bits per heavy atom. The van der Waals surface area contributed by atoms with Crippen LogP contribution in [0.5, 0.6) is 5.75 Å². The summed E-state index contributed by atoms with van der Waals surface area (Å²) in [5, 5.41) is 9.76. The molecule has 2 aromatic carbocycles. The molecule has 0 aromatic heterocycles. The third-order valence-electron chi connectivity index (χ3n) is 4.23. The van der Waals surface area contributed by atoms with Gasteiger partial charge in [-0.05, 0) is 61.2 Å². The van der Waals surface area contributed by atoms with Gasteiger partial charge in [-0.1, -0.05) is 19.1 Å². The molecule has 2 rings (SSSR count). The van der Waals surface area contributed by atoms with Crippen molar-refractivity contribution in [3.63, 3.8) is 0 Å². The summed E-state index contributed by atoms with van der Waals surface area (Å²) < 4.78 is 8.67. The van der Waals surface area contributed by atoms with Crippen LogP contribution in [0.1, 0.15) is 31.4 Å². The summed E-state index contributed by atoms with van der Waals surface area (Å²) in [4.78, 5) is 3.28. The highest BCUT2D eigenvalue weighted by Gasteiger charge is 2.12. The zero-order valence-electron chi connectivity index (χ0n) is 16.5. The summed E-state index contributed by atoms with van der Waals surface area (Å²) in [5.41, 5.74) is 3.54. The van der Waals surface area contributed by atoms with Crippen molar-refractivity contribution < 1.29 is 4.74 Å². The molecule has 142 valence electrons. The van der Waals surface area contributed by atoms with Crippen molar-refractivity contribution >= 4 is 29.3 Å². The van der Waals surface area contributed by atoms with Crippen LogP contribution in [0.4, 0.5) is 5.69 Å². The minimum atomic E-state index is 0.637. The molecule has 4 nitrogen and oxygen atoms in total. The van der Waals surface area contributed by atoms with E-state index < -0.39 is 0 Å². The standard InChI is InChI=1S/C22H27N3OS/c1-5-13-24-27-20-10-7-17(8-11-20)14-18(16-23)21-12-9-19(26-4)15-22(21)25(3)6-2/h7-12,14-15,24H,5-6,13H2,1-4H3/b18-14+. The average molecular weight is 382 g/mol. The summed E-state index contributed by atoms with van der Waals surface area (Å²) >= 11 is 1.63. The molecule has 0 atom stereocenters. The summed E-state index contributed by atoms with van der Waals surface area (Å²) in [7, 11) is 3.67. The Bertz CT molecular complexity index is 809. The summed E-state index contributed by atoms with van der Waals surface area (Å²) in [6.45, 7) is 6.06. The fourth-order valence-electron chi connectivity index (χ4n) is 2.56. The van der Waals surface area contributed by atoms with Gasteiger partial charge in [-0.15, -0.1) is 0 Å². The lowest BCUT2D eigenvalue weighted by atomic mass is 10.0. The van der Waals surface area contributed by atoms with Gasteiger partial charge in [0.25, 0.3) is 0 Å². The lowest BCUT2D eigenvalue weighted by Crippen LogP contribution is -2.17. The smallest absolute Gasteiger partial charge is 0.120 e. The topological polar surface area (TPSA) is 48.3 Å². The Kier molecular flexibility index (Phi) is 8.25. The van der Waals surface area contributed by atoms with Gasteiger partial charge < -0.3 is 9.64 Å². The number of rotatable bonds is 9. The average Bonchev–Trinajstić information content (AvgIpc) is 2.72. The molecule has 5 heteroatoms. The van der Waals surface area contributed by atoms with Crippen LogP contribution in [-0.2, 0) is 0 Å². The third-order valence-corrected chi connectivity index (χ3v) is 5.09. The largest absolute Gasteiger partial charge is 0.497 e. The minimum absolute atomic E-state index is 0.637. The van der Waals surface area contributed by atoms with Crippen LogP contribution < -0.4 is 14.4 Å². The molecule has 0 aliphatic carbocycles. The highest BCUT2D eigenvalue weighted by molar-refractivity contribution is 7.97. The molecule has 0 aliphatic rings. The van der Waals surface area contributed by atoms with E-state index in [9.17, 15) is 5.26 Å². The van der Waals surface area contributed by atoms with Crippen molar-refractivity contribution in [3.05, 3.63) is 53.6 Å². The first-order valence-electron chi connectivity index (χ1n) is 9.14. The van der Waals surface area contributed by atoms with E-state index in [-0.39, 0.29) is 0 Å². The highest BCUT2D eigenvalue weighted by atomic mass is 32.2. The van der Waals surface area contributed by atoms with Crippen LogP contribution in [-0.4, -0.2) is 27.2 Å². The maximum Gasteiger partial charge on any atom is 0.120 e. The van der Waals surface area contributed by atoms with E-state index >= 15 is 0 Å². The zero-order valence-corrected chi connectivity index (χ0v) is 17.3. The van der Waals surface area contributed by atoms with E-state index in [1.807, 2.05) is 43.5 Å². The SMILES string of the molecule is CCCNSc1ccc(/C=C(\C#N)c2ccc(OC)cc2N(C)CC)cc1. The van der Waals surface area contributed by atoms with E-state index in [1.165, 1.54) is 0 Å². The first-order valence-corrected chi connectivity index (χ1v) is 9.95. The minimum Gasteiger partial charge on any atom is -0.497 e. The number of ether oxygens (including phenoxy) is 1. The summed E-state index contributed by atoms with van der Waals surface area (Å²) in [6, 6.07) is 16.4. The highest BCUT2D eigenvalue weighted by Crippen LogP contribution is 2.31. The van der Waals surface area contributed by atoms with Crippen molar-refractivity contribution in [2.75, 3.05) is 32.1 Å². The van der Waals surface area contributed by atoms with Gasteiger partial charge in [0, 0.05) is 42.3 Å². The van der Waals surface area contributed by atoms with Gasteiger partial charge in [0.1, 0.15) is 5.75 Å². The van der Waals surface area contributed by atoms with Gasteiger partial charge in [0.15, 0.2) is 0 Å². The van der Waals surface area contributed by atoms with Gasteiger partial charge in [0.2, 0.25) is 0 Å². The molecule has 0 heterocycles. The summed E-state index contributed by atoms with van der Waals surface area (Å²) in [6.07, 6.45) is 3.04. The molecule has 0 unspecified atom stereocenters. The second-order valence-corrected chi connectivity index (χ2v) is 7.10. The van der Waals surface area contributed by atoms with E-state index in [2.05, 4.69) is 41.7 Å². The van der Waals surface area contributed by atoms with E-state index in [0.717, 1.165) is 47.0 Å². The quantitative estimate of drug-likeness (QED) is 0.279. The molecule has 0 bridgehead atoms. The number of anilines is 1. The van der Waals surface area contributed by atoms with Crippen LogP contribution in [0, 0.1) is 11.3 Å². The second-order valence-electron chi connectivity index (χ2n) is 6.13. The molecule has 0 saturated carbocycles. The van der Waals surface area contributed by atoms with Crippen molar-refractivity contribution in [3.8, 4) is 11.8 Å². The Balaban J connectivity index is 2.32.